The fourth-order valence-electron chi connectivity index (χ4n) is 1.48. The second-order valence-electron chi connectivity index (χ2n) is 3.58. The van der Waals surface area contributed by atoms with Crippen LogP contribution >= 0.6 is 34.2 Å². The summed E-state index contributed by atoms with van der Waals surface area (Å²) < 4.78 is 16.3. The van der Waals surface area contributed by atoms with Gasteiger partial charge in [-0.15, -0.1) is 0 Å². The zero-order valence-corrected chi connectivity index (χ0v) is 12.1. The van der Waals surface area contributed by atoms with E-state index >= 15 is 0 Å². The van der Waals surface area contributed by atoms with Crippen molar-refractivity contribution in [2.75, 3.05) is 0 Å². The lowest BCUT2D eigenvalue weighted by atomic mass is 10.3. The minimum atomic E-state index is -0.687. The van der Waals surface area contributed by atoms with E-state index in [0.717, 1.165) is 15.2 Å². The number of aromatic nitrogens is 2. The summed E-state index contributed by atoms with van der Waals surface area (Å²) in [5.74, 6) is -0.579. The van der Waals surface area contributed by atoms with Gasteiger partial charge in [-0.05, 0) is 40.8 Å². The average Bonchev–Trinajstić information content (AvgIpc) is 2.29. The summed E-state index contributed by atoms with van der Waals surface area (Å²) in [6.45, 7) is 0. The topological polar surface area (TPSA) is 44.0 Å². The maximum Gasteiger partial charge on any atom is 0.336 e. The molecule has 0 bridgehead atoms. The molecular formula is C11H7ClFIN2O2. The summed E-state index contributed by atoms with van der Waals surface area (Å²) in [4.78, 5) is 23.3. The Bertz CT molecular complexity index is 739. The van der Waals surface area contributed by atoms with E-state index in [2.05, 4.69) is 0 Å². The van der Waals surface area contributed by atoms with Gasteiger partial charge in [0.15, 0.2) is 0 Å². The quantitative estimate of drug-likeness (QED) is 0.561. The predicted molar refractivity (Wildman–Crippen MR) is 75.0 cm³/mol. The van der Waals surface area contributed by atoms with E-state index in [1.165, 1.54) is 19.2 Å². The summed E-state index contributed by atoms with van der Waals surface area (Å²) in [6, 6.07) is 5.44. The molecule has 1 heterocycles. The van der Waals surface area contributed by atoms with Crippen LogP contribution in [-0.2, 0) is 7.05 Å². The highest BCUT2D eigenvalue weighted by atomic mass is 127. The molecule has 0 unspecified atom stereocenters. The van der Waals surface area contributed by atoms with Crippen molar-refractivity contribution in [3.63, 3.8) is 0 Å². The molecule has 7 heteroatoms. The van der Waals surface area contributed by atoms with Crippen LogP contribution in [0.1, 0.15) is 0 Å². The molecule has 18 heavy (non-hydrogen) atoms. The van der Waals surface area contributed by atoms with E-state index in [1.54, 1.807) is 6.07 Å². The monoisotopic (exact) mass is 380 g/mol. The molecule has 0 radical (unpaired) electrons. The van der Waals surface area contributed by atoms with Crippen molar-refractivity contribution in [1.82, 2.24) is 9.13 Å². The number of benzene rings is 1. The molecule has 1 aromatic heterocycles. The fourth-order valence-corrected chi connectivity index (χ4v) is 2.19. The van der Waals surface area contributed by atoms with Crippen LogP contribution in [0.15, 0.2) is 33.9 Å². The molecule has 1 aromatic carbocycles. The first-order chi connectivity index (χ1) is 8.41. The van der Waals surface area contributed by atoms with Crippen LogP contribution < -0.4 is 11.2 Å². The van der Waals surface area contributed by atoms with Crippen molar-refractivity contribution in [2.24, 2.45) is 7.05 Å². The summed E-state index contributed by atoms with van der Waals surface area (Å²) in [7, 11) is 1.31. The minimum Gasteiger partial charge on any atom is -0.269 e. The standard InChI is InChI=1S/C11H7ClFIN2O2/c1-15-10(17)5-9(12)16(11(15)18)8-3-2-6(14)4-7(8)13/h2-5H,1H3. The molecule has 2 rings (SSSR count). The summed E-state index contributed by atoms with van der Waals surface area (Å²) >= 11 is 7.79. The van der Waals surface area contributed by atoms with Crippen molar-refractivity contribution in [2.45, 2.75) is 0 Å². The molecule has 0 aliphatic carbocycles. The van der Waals surface area contributed by atoms with Crippen molar-refractivity contribution < 1.29 is 4.39 Å². The maximum absolute atomic E-state index is 13.8. The lowest BCUT2D eigenvalue weighted by Crippen LogP contribution is -2.37. The van der Waals surface area contributed by atoms with Crippen LogP contribution in [0.4, 0.5) is 4.39 Å². The lowest BCUT2D eigenvalue weighted by Gasteiger charge is -2.10. The Balaban J connectivity index is 2.84. The van der Waals surface area contributed by atoms with Crippen LogP contribution in [-0.4, -0.2) is 9.13 Å². The van der Waals surface area contributed by atoms with E-state index in [9.17, 15) is 14.0 Å². The molecule has 0 amide bonds. The molecule has 0 N–H and O–H groups in total. The number of hydrogen-bond acceptors (Lipinski definition) is 2. The van der Waals surface area contributed by atoms with Crippen molar-refractivity contribution in [3.05, 3.63) is 59.6 Å². The second-order valence-corrected chi connectivity index (χ2v) is 5.21. The zero-order valence-electron chi connectivity index (χ0n) is 9.15. The molecule has 94 valence electrons. The van der Waals surface area contributed by atoms with E-state index in [0.29, 0.717) is 3.57 Å². The van der Waals surface area contributed by atoms with Gasteiger partial charge in [0.2, 0.25) is 0 Å². The largest absolute Gasteiger partial charge is 0.336 e. The van der Waals surface area contributed by atoms with Gasteiger partial charge in [0.05, 0.1) is 5.69 Å². The highest BCUT2D eigenvalue weighted by Crippen LogP contribution is 2.18. The predicted octanol–water partition coefficient (Wildman–Crippen LogP) is 1.93. The van der Waals surface area contributed by atoms with Crippen LogP contribution in [0.25, 0.3) is 5.69 Å². The smallest absolute Gasteiger partial charge is 0.269 e. The molecule has 0 atom stereocenters. The van der Waals surface area contributed by atoms with Gasteiger partial charge in [0, 0.05) is 16.7 Å². The number of halogens is 3. The summed E-state index contributed by atoms with van der Waals surface area (Å²) in [5, 5.41) is -0.122. The summed E-state index contributed by atoms with van der Waals surface area (Å²) in [6.07, 6.45) is 0. The van der Waals surface area contributed by atoms with Gasteiger partial charge < -0.3 is 0 Å². The van der Waals surface area contributed by atoms with E-state index in [-0.39, 0.29) is 10.8 Å². The molecule has 0 saturated carbocycles. The van der Waals surface area contributed by atoms with Crippen molar-refractivity contribution in [1.29, 1.82) is 0 Å². The Morgan fingerprint density at radius 3 is 2.56 bits per heavy atom. The lowest BCUT2D eigenvalue weighted by molar-refractivity contribution is 0.607. The van der Waals surface area contributed by atoms with Gasteiger partial charge in [-0.1, -0.05) is 11.6 Å². The molecule has 2 aromatic rings. The van der Waals surface area contributed by atoms with E-state index in [1.807, 2.05) is 22.6 Å². The third-order valence-corrected chi connectivity index (χ3v) is 3.36. The Morgan fingerprint density at radius 2 is 1.94 bits per heavy atom. The number of nitrogens with zero attached hydrogens (tertiary/aromatic N) is 2. The maximum atomic E-state index is 13.8. The Morgan fingerprint density at radius 1 is 1.28 bits per heavy atom. The number of rotatable bonds is 1. The van der Waals surface area contributed by atoms with Gasteiger partial charge in [0.1, 0.15) is 11.0 Å². The summed E-state index contributed by atoms with van der Waals surface area (Å²) in [5.41, 5.74) is -1.21. The van der Waals surface area contributed by atoms with Crippen LogP contribution in [0.5, 0.6) is 0 Å². The van der Waals surface area contributed by atoms with Gasteiger partial charge in [-0.3, -0.25) is 9.36 Å². The van der Waals surface area contributed by atoms with Gasteiger partial charge in [0.25, 0.3) is 5.56 Å². The first kappa shape index (κ1) is 13.3. The van der Waals surface area contributed by atoms with Crippen LogP contribution in [0.3, 0.4) is 0 Å². The van der Waals surface area contributed by atoms with E-state index in [4.69, 9.17) is 11.6 Å². The minimum absolute atomic E-state index is 0.0148. The molecule has 4 nitrogen and oxygen atoms in total. The molecule has 0 spiro atoms. The Kier molecular flexibility index (Phi) is 3.58. The molecule has 0 aliphatic rings. The Labute approximate surface area is 120 Å². The molecule has 0 fully saturated rings. The van der Waals surface area contributed by atoms with Gasteiger partial charge in [-0.25, -0.2) is 13.8 Å². The Hall–Kier alpha value is -1.15. The highest BCUT2D eigenvalue weighted by molar-refractivity contribution is 14.1. The third-order valence-electron chi connectivity index (χ3n) is 2.42. The SMILES string of the molecule is Cn1c(=O)cc(Cl)n(-c2ccc(I)cc2F)c1=O. The molecule has 0 saturated heterocycles. The van der Waals surface area contributed by atoms with Gasteiger partial charge >= 0.3 is 5.69 Å². The fraction of sp³-hybridized carbons (Fsp3) is 0.0909. The van der Waals surface area contributed by atoms with E-state index < -0.39 is 17.1 Å². The average molecular weight is 381 g/mol. The second kappa shape index (κ2) is 4.85. The molecular weight excluding hydrogens is 373 g/mol. The van der Waals surface area contributed by atoms with Crippen molar-refractivity contribution in [3.8, 4) is 5.69 Å². The van der Waals surface area contributed by atoms with Crippen LogP contribution in [0, 0.1) is 9.39 Å². The van der Waals surface area contributed by atoms with Gasteiger partial charge in [-0.2, -0.15) is 0 Å². The van der Waals surface area contributed by atoms with Crippen LogP contribution in [0.2, 0.25) is 5.15 Å². The first-order valence-electron chi connectivity index (χ1n) is 4.86. The highest BCUT2D eigenvalue weighted by Gasteiger charge is 2.13. The first-order valence-corrected chi connectivity index (χ1v) is 6.31. The zero-order chi connectivity index (χ0) is 13.4. The third kappa shape index (κ3) is 2.22. The molecule has 0 aliphatic heterocycles. The normalized spacial score (nSPS) is 10.7. The van der Waals surface area contributed by atoms with Crippen molar-refractivity contribution >= 4 is 34.2 Å². The number of hydrogen-bond donors (Lipinski definition) is 0.